The van der Waals surface area contributed by atoms with E-state index in [2.05, 4.69) is 0 Å². The Balaban J connectivity index is 2.25. The lowest BCUT2D eigenvalue weighted by Gasteiger charge is -2.02. The number of carbonyl (C=O) groups is 1. The summed E-state index contributed by atoms with van der Waals surface area (Å²) in [6.07, 6.45) is 3.10. The number of rotatable bonds is 3. The number of hydrogen-bond acceptors (Lipinski definition) is 2. The number of aldehydes is 1. The van der Waals surface area contributed by atoms with E-state index in [0.29, 0.717) is 5.92 Å². The molecule has 1 fully saturated rings. The van der Waals surface area contributed by atoms with Crippen LogP contribution >= 0.6 is 0 Å². The van der Waals surface area contributed by atoms with Crippen LogP contribution in [-0.2, 0) is 9.53 Å². The molecule has 0 aliphatic heterocycles. The molecule has 0 amide bonds. The molecular weight excluding hydrogens is 104 g/mol. The SMILES string of the molecule is CO[C@@H](C=O)C1CC1. The molecule has 0 saturated heterocycles. The number of methoxy groups -OCH3 is 1. The van der Waals surface area contributed by atoms with Crippen LogP contribution in [0.1, 0.15) is 12.8 Å². The molecular formula is C6H10O2. The number of hydrogen-bond donors (Lipinski definition) is 0. The molecule has 1 aliphatic carbocycles. The third kappa shape index (κ3) is 1.07. The van der Waals surface area contributed by atoms with Gasteiger partial charge >= 0.3 is 0 Å². The van der Waals surface area contributed by atoms with Gasteiger partial charge in [0.25, 0.3) is 0 Å². The van der Waals surface area contributed by atoms with Gasteiger partial charge in [-0.15, -0.1) is 0 Å². The first-order valence-corrected chi connectivity index (χ1v) is 2.86. The van der Waals surface area contributed by atoms with E-state index in [1.165, 1.54) is 0 Å². The molecule has 0 heterocycles. The summed E-state index contributed by atoms with van der Waals surface area (Å²) < 4.78 is 4.86. The van der Waals surface area contributed by atoms with Crippen molar-refractivity contribution in [1.29, 1.82) is 0 Å². The van der Waals surface area contributed by atoms with E-state index in [0.717, 1.165) is 19.1 Å². The largest absolute Gasteiger partial charge is 0.374 e. The first-order valence-electron chi connectivity index (χ1n) is 2.86. The summed E-state index contributed by atoms with van der Waals surface area (Å²) in [6, 6.07) is 0. The summed E-state index contributed by atoms with van der Waals surface area (Å²) in [4.78, 5) is 10.1. The molecule has 0 radical (unpaired) electrons. The average Bonchev–Trinajstić information content (AvgIpc) is 2.53. The second-order valence-corrected chi connectivity index (χ2v) is 2.17. The van der Waals surface area contributed by atoms with Crippen molar-refractivity contribution < 1.29 is 9.53 Å². The molecule has 0 bridgehead atoms. The Morgan fingerprint density at radius 3 is 2.50 bits per heavy atom. The summed E-state index contributed by atoms with van der Waals surface area (Å²) in [7, 11) is 1.58. The molecule has 1 aliphatic rings. The van der Waals surface area contributed by atoms with Crippen molar-refractivity contribution in [1.82, 2.24) is 0 Å². The lowest BCUT2D eigenvalue weighted by atomic mass is 10.3. The number of ether oxygens (including phenoxy) is 1. The molecule has 1 rings (SSSR count). The number of carbonyl (C=O) groups excluding carboxylic acids is 1. The Kier molecular flexibility index (Phi) is 1.63. The lowest BCUT2D eigenvalue weighted by Crippen LogP contribution is -2.13. The van der Waals surface area contributed by atoms with Crippen molar-refractivity contribution in [2.45, 2.75) is 18.9 Å². The van der Waals surface area contributed by atoms with Crippen molar-refractivity contribution in [3.05, 3.63) is 0 Å². The predicted octanol–water partition coefficient (Wildman–Crippen LogP) is 0.610. The van der Waals surface area contributed by atoms with Crippen LogP contribution in [0, 0.1) is 5.92 Å². The molecule has 1 saturated carbocycles. The molecule has 0 aromatic carbocycles. The normalized spacial score (nSPS) is 22.6. The van der Waals surface area contributed by atoms with Crippen molar-refractivity contribution in [3.63, 3.8) is 0 Å². The van der Waals surface area contributed by atoms with Crippen molar-refractivity contribution in [2.24, 2.45) is 5.92 Å². The second kappa shape index (κ2) is 2.27. The minimum absolute atomic E-state index is 0.116. The van der Waals surface area contributed by atoms with Gasteiger partial charge in [0, 0.05) is 7.11 Å². The van der Waals surface area contributed by atoms with Crippen LogP contribution < -0.4 is 0 Å². The fraction of sp³-hybridized carbons (Fsp3) is 0.833. The Hall–Kier alpha value is -0.370. The van der Waals surface area contributed by atoms with E-state index >= 15 is 0 Å². The Morgan fingerprint density at radius 1 is 1.75 bits per heavy atom. The molecule has 0 aromatic rings. The van der Waals surface area contributed by atoms with E-state index in [-0.39, 0.29) is 6.10 Å². The van der Waals surface area contributed by atoms with Gasteiger partial charge < -0.3 is 9.53 Å². The second-order valence-electron chi connectivity index (χ2n) is 2.17. The van der Waals surface area contributed by atoms with Crippen LogP contribution in [0.4, 0.5) is 0 Å². The molecule has 1 atom stereocenters. The Bertz CT molecular complexity index is 86.5. The first-order chi connectivity index (χ1) is 3.88. The van der Waals surface area contributed by atoms with Crippen LogP contribution in [0.2, 0.25) is 0 Å². The third-order valence-electron chi connectivity index (χ3n) is 1.49. The minimum atomic E-state index is -0.116. The highest BCUT2D eigenvalue weighted by atomic mass is 16.5. The summed E-state index contributed by atoms with van der Waals surface area (Å²) in [5.41, 5.74) is 0. The van der Waals surface area contributed by atoms with Crippen LogP contribution in [0.3, 0.4) is 0 Å². The maximum atomic E-state index is 10.1. The van der Waals surface area contributed by atoms with E-state index in [4.69, 9.17) is 4.74 Å². The smallest absolute Gasteiger partial charge is 0.149 e. The van der Waals surface area contributed by atoms with Gasteiger partial charge in [-0.2, -0.15) is 0 Å². The van der Waals surface area contributed by atoms with Crippen molar-refractivity contribution >= 4 is 6.29 Å². The average molecular weight is 114 g/mol. The predicted molar refractivity (Wildman–Crippen MR) is 29.6 cm³/mol. The van der Waals surface area contributed by atoms with E-state index < -0.39 is 0 Å². The monoisotopic (exact) mass is 114 g/mol. The first kappa shape index (κ1) is 5.76. The fourth-order valence-corrected chi connectivity index (χ4v) is 0.784. The van der Waals surface area contributed by atoms with E-state index in [1.54, 1.807) is 7.11 Å². The van der Waals surface area contributed by atoms with E-state index in [1.807, 2.05) is 0 Å². The van der Waals surface area contributed by atoms with Gasteiger partial charge in [-0.3, -0.25) is 0 Å². The highest BCUT2D eigenvalue weighted by Gasteiger charge is 2.30. The van der Waals surface area contributed by atoms with Crippen LogP contribution in [0.15, 0.2) is 0 Å². The minimum Gasteiger partial charge on any atom is -0.374 e. The fourth-order valence-electron chi connectivity index (χ4n) is 0.784. The lowest BCUT2D eigenvalue weighted by molar-refractivity contribution is -0.117. The van der Waals surface area contributed by atoms with Crippen LogP contribution in [-0.4, -0.2) is 19.5 Å². The molecule has 0 aromatic heterocycles. The van der Waals surface area contributed by atoms with Gasteiger partial charge in [-0.25, -0.2) is 0 Å². The van der Waals surface area contributed by atoms with Crippen LogP contribution in [0.5, 0.6) is 0 Å². The zero-order valence-electron chi connectivity index (χ0n) is 4.96. The summed E-state index contributed by atoms with van der Waals surface area (Å²) in [6.45, 7) is 0. The van der Waals surface area contributed by atoms with Crippen molar-refractivity contribution in [2.75, 3.05) is 7.11 Å². The molecule has 0 unspecified atom stereocenters. The topological polar surface area (TPSA) is 26.3 Å². The highest BCUT2D eigenvalue weighted by molar-refractivity contribution is 5.57. The zero-order chi connectivity index (χ0) is 5.98. The molecule has 0 N–H and O–H groups in total. The zero-order valence-corrected chi connectivity index (χ0v) is 4.96. The molecule has 46 valence electrons. The highest BCUT2D eigenvalue weighted by Crippen LogP contribution is 2.32. The van der Waals surface area contributed by atoms with Gasteiger partial charge in [0.1, 0.15) is 12.4 Å². The maximum Gasteiger partial charge on any atom is 0.149 e. The third-order valence-corrected chi connectivity index (χ3v) is 1.49. The van der Waals surface area contributed by atoms with Gasteiger partial charge in [0.05, 0.1) is 0 Å². The quantitative estimate of drug-likeness (QED) is 0.502. The van der Waals surface area contributed by atoms with Gasteiger partial charge in [0.2, 0.25) is 0 Å². The standard InChI is InChI=1S/C6H10O2/c1-8-6(4-7)5-2-3-5/h4-6H,2-3H2,1H3/t6-/m0/s1. The van der Waals surface area contributed by atoms with Gasteiger partial charge in [-0.1, -0.05) is 0 Å². The Labute approximate surface area is 48.8 Å². The summed E-state index contributed by atoms with van der Waals surface area (Å²) >= 11 is 0. The van der Waals surface area contributed by atoms with E-state index in [9.17, 15) is 4.79 Å². The summed E-state index contributed by atoms with van der Waals surface area (Å²) in [5.74, 6) is 0.539. The van der Waals surface area contributed by atoms with Crippen molar-refractivity contribution in [3.8, 4) is 0 Å². The van der Waals surface area contributed by atoms with Crippen LogP contribution in [0.25, 0.3) is 0 Å². The van der Waals surface area contributed by atoms with Gasteiger partial charge in [-0.05, 0) is 18.8 Å². The maximum absolute atomic E-state index is 10.1. The van der Waals surface area contributed by atoms with Gasteiger partial charge in [0.15, 0.2) is 0 Å². The Morgan fingerprint density at radius 2 is 2.38 bits per heavy atom. The molecule has 8 heavy (non-hydrogen) atoms. The molecule has 0 spiro atoms. The molecule has 2 heteroatoms. The summed E-state index contributed by atoms with van der Waals surface area (Å²) in [5, 5.41) is 0. The molecule has 2 nitrogen and oxygen atoms in total.